The topological polar surface area (TPSA) is 38.5 Å². The molecule has 0 spiro atoms. The van der Waals surface area contributed by atoms with E-state index in [-0.39, 0.29) is 0 Å². The van der Waals surface area contributed by atoms with Crippen LogP contribution in [0.3, 0.4) is 0 Å². The smallest absolute Gasteiger partial charge is 0.0599 e. The van der Waals surface area contributed by atoms with Gasteiger partial charge in [0.25, 0.3) is 0 Å². The van der Waals surface area contributed by atoms with Gasteiger partial charge in [0.05, 0.1) is 6.10 Å². The van der Waals surface area contributed by atoms with E-state index in [1.54, 1.807) is 0 Å². The van der Waals surface area contributed by atoms with E-state index >= 15 is 0 Å². The number of anilines is 1. The summed E-state index contributed by atoms with van der Waals surface area (Å²) in [5.41, 5.74) is 7.99. The molecular weight excluding hydrogens is 224 g/mol. The molecule has 0 aliphatic carbocycles. The van der Waals surface area contributed by atoms with E-state index in [0.29, 0.717) is 6.10 Å². The molecule has 0 radical (unpaired) electrons. The summed E-state index contributed by atoms with van der Waals surface area (Å²) >= 11 is 0. The molecule has 1 fully saturated rings. The van der Waals surface area contributed by atoms with Crippen molar-refractivity contribution in [2.45, 2.75) is 32.3 Å². The van der Waals surface area contributed by atoms with Gasteiger partial charge in [0.2, 0.25) is 0 Å². The summed E-state index contributed by atoms with van der Waals surface area (Å²) in [6.45, 7) is 6.36. The number of piperidine rings is 1. The van der Waals surface area contributed by atoms with Gasteiger partial charge in [-0.05, 0) is 43.9 Å². The number of hydrogen-bond acceptors (Lipinski definition) is 3. The second-order valence-electron chi connectivity index (χ2n) is 4.99. The van der Waals surface area contributed by atoms with Crippen molar-refractivity contribution in [3.05, 3.63) is 29.8 Å². The number of ether oxygens (including phenoxy) is 1. The molecule has 1 aromatic carbocycles. The van der Waals surface area contributed by atoms with Gasteiger partial charge in [-0.1, -0.05) is 12.1 Å². The molecule has 1 saturated heterocycles. The average molecular weight is 248 g/mol. The lowest BCUT2D eigenvalue weighted by Crippen LogP contribution is -2.38. The number of hydrogen-bond donors (Lipinski definition) is 1. The summed E-state index contributed by atoms with van der Waals surface area (Å²) in [7, 11) is 0. The van der Waals surface area contributed by atoms with Crippen LogP contribution in [0.15, 0.2) is 24.3 Å². The van der Waals surface area contributed by atoms with Crippen molar-refractivity contribution in [1.82, 2.24) is 4.90 Å². The van der Waals surface area contributed by atoms with Crippen molar-refractivity contribution in [2.75, 3.05) is 32.0 Å². The molecule has 3 nitrogen and oxygen atoms in total. The first kappa shape index (κ1) is 13.4. The largest absolute Gasteiger partial charge is 0.399 e. The Kier molecular flexibility index (Phi) is 5.02. The standard InChI is InChI=1S/C15H24N2O/c1-2-18-15-7-10-17(11-8-15)9-6-13-4-3-5-14(16)12-13/h3-5,12,15H,2,6-11,16H2,1H3. The molecule has 0 unspecified atom stereocenters. The van der Waals surface area contributed by atoms with Gasteiger partial charge in [-0.2, -0.15) is 0 Å². The van der Waals surface area contributed by atoms with Gasteiger partial charge >= 0.3 is 0 Å². The number of benzene rings is 1. The van der Waals surface area contributed by atoms with E-state index < -0.39 is 0 Å². The highest BCUT2D eigenvalue weighted by atomic mass is 16.5. The zero-order chi connectivity index (χ0) is 12.8. The maximum Gasteiger partial charge on any atom is 0.0599 e. The molecule has 18 heavy (non-hydrogen) atoms. The Morgan fingerprint density at radius 1 is 1.33 bits per heavy atom. The SMILES string of the molecule is CCOC1CCN(CCc2cccc(N)c2)CC1. The number of likely N-dealkylation sites (tertiary alicyclic amines) is 1. The summed E-state index contributed by atoms with van der Waals surface area (Å²) in [5.74, 6) is 0. The summed E-state index contributed by atoms with van der Waals surface area (Å²) in [4.78, 5) is 2.53. The molecular formula is C15H24N2O. The first-order valence-electron chi connectivity index (χ1n) is 6.96. The monoisotopic (exact) mass is 248 g/mol. The van der Waals surface area contributed by atoms with Crippen LogP contribution in [-0.2, 0) is 11.2 Å². The lowest BCUT2D eigenvalue weighted by molar-refractivity contribution is 0.0145. The van der Waals surface area contributed by atoms with Gasteiger partial charge in [0, 0.05) is 31.9 Å². The van der Waals surface area contributed by atoms with Crippen molar-refractivity contribution in [1.29, 1.82) is 0 Å². The van der Waals surface area contributed by atoms with Crippen molar-refractivity contribution >= 4 is 5.69 Å². The van der Waals surface area contributed by atoms with Crippen molar-refractivity contribution in [3.63, 3.8) is 0 Å². The molecule has 1 aliphatic rings. The van der Waals surface area contributed by atoms with Crippen LogP contribution in [0.5, 0.6) is 0 Å². The fourth-order valence-electron chi connectivity index (χ4n) is 2.57. The zero-order valence-electron chi connectivity index (χ0n) is 11.3. The minimum absolute atomic E-state index is 0.485. The predicted molar refractivity (Wildman–Crippen MR) is 75.6 cm³/mol. The Morgan fingerprint density at radius 2 is 2.11 bits per heavy atom. The number of nitrogen functional groups attached to an aromatic ring is 1. The molecule has 100 valence electrons. The molecule has 0 atom stereocenters. The fraction of sp³-hybridized carbons (Fsp3) is 0.600. The minimum Gasteiger partial charge on any atom is -0.399 e. The van der Waals surface area contributed by atoms with Gasteiger partial charge in [-0.15, -0.1) is 0 Å². The molecule has 1 heterocycles. The van der Waals surface area contributed by atoms with Gasteiger partial charge in [-0.25, -0.2) is 0 Å². The van der Waals surface area contributed by atoms with Crippen LogP contribution in [-0.4, -0.2) is 37.2 Å². The fourth-order valence-corrected chi connectivity index (χ4v) is 2.57. The molecule has 0 bridgehead atoms. The number of nitrogens with zero attached hydrogens (tertiary/aromatic N) is 1. The lowest BCUT2D eigenvalue weighted by atomic mass is 10.1. The van der Waals surface area contributed by atoms with Crippen LogP contribution < -0.4 is 5.73 Å². The first-order chi connectivity index (χ1) is 8.78. The summed E-state index contributed by atoms with van der Waals surface area (Å²) < 4.78 is 5.67. The molecule has 1 aromatic rings. The van der Waals surface area contributed by atoms with Crippen LogP contribution in [0.1, 0.15) is 25.3 Å². The molecule has 0 aromatic heterocycles. The van der Waals surface area contributed by atoms with E-state index in [4.69, 9.17) is 10.5 Å². The quantitative estimate of drug-likeness (QED) is 0.813. The normalized spacial score (nSPS) is 18.1. The molecule has 3 heteroatoms. The van der Waals surface area contributed by atoms with E-state index in [0.717, 1.165) is 38.3 Å². The Hall–Kier alpha value is -1.06. The van der Waals surface area contributed by atoms with Crippen LogP contribution in [0.25, 0.3) is 0 Å². The van der Waals surface area contributed by atoms with E-state index in [9.17, 15) is 0 Å². The Bertz CT molecular complexity index is 359. The third-order valence-corrected chi connectivity index (χ3v) is 3.60. The maximum atomic E-state index is 5.79. The Labute approximate surface area is 110 Å². The van der Waals surface area contributed by atoms with E-state index in [1.165, 1.54) is 18.4 Å². The van der Waals surface area contributed by atoms with Gasteiger partial charge in [0.15, 0.2) is 0 Å². The molecule has 1 aliphatic heterocycles. The molecule has 0 amide bonds. The molecule has 0 saturated carbocycles. The summed E-state index contributed by atoms with van der Waals surface area (Å²) in [6, 6.07) is 8.21. The highest BCUT2D eigenvalue weighted by Gasteiger charge is 2.18. The van der Waals surface area contributed by atoms with Gasteiger partial charge in [-0.3, -0.25) is 0 Å². The highest BCUT2D eigenvalue weighted by Crippen LogP contribution is 2.14. The van der Waals surface area contributed by atoms with E-state index in [1.807, 2.05) is 12.1 Å². The highest BCUT2D eigenvalue weighted by molar-refractivity contribution is 5.40. The second-order valence-corrected chi connectivity index (χ2v) is 4.99. The van der Waals surface area contributed by atoms with Crippen molar-refractivity contribution in [2.24, 2.45) is 0 Å². The summed E-state index contributed by atoms with van der Waals surface area (Å²) in [6.07, 6.45) is 3.92. The lowest BCUT2D eigenvalue weighted by Gasteiger charge is -2.31. The van der Waals surface area contributed by atoms with Crippen LogP contribution >= 0.6 is 0 Å². The predicted octanol–water partition coefficient (Wildman–Crippen LogP) is 2.31. The molecule has 2 N–H and O–H groups in total. The zero-order valence-corrected chi connectivity index (χ0v) is 11.3. The van der Waals surface area contributed by atoms with Crippen LogP contribution in [0.4, 0.5) is 5.69 Å². The maximum absolute atomic E-state index is 5.79. The van der Waals surface area contributed by atoms with Crippen molar-refractivity contribution in [3.8, 4) is 0 Å². The van der Waals surface area contributed by atoms with Gasteiger partial charge in [0.1, 0.15) is 0 Å². The van der Waals surface area contributed by atoms with Gasteiger partial charge < -0.3 is 15.4 Å². The number of nitrogens with two attached hydrogens (primary N) is 1. The molecule has 2 rings (SSSR count). The van der Waals surface area contributed by atoms with Crippen LogP contribution in [0.2, 0.25) is 0 Å². The summed E-state index contributed by atoms with van der Waals surface area (Å²) in [5, 5.41) is 0. The average Bonchev–Trinajstić information content (AvgIpc) is 2.38. The van der Waals surface area contributed by atoms with E-state index in [2.05, 4.69) is 24.0 Å². The van der Waals surface area contributed by atoms with Crippen LogP contribution in [0, 0.1) is 0 Å². The third kappa shape index (κ3) is 4.00. The Morgan fingerprint density at radius 3 is 2.78 bits per heavy atom. The first-order valence-corrected chi connectivity index (χ1v) is 6.96. The number of rotatable bonds is 5. The third-order valence-electron chi connectivity index (χ3n) is 3.60. The second kappa shape index (κ2) is 6.76. The van der Waals surface area contributed by atoms with Crippen molar-refractivity contribution < 1.29 is 4.74 Å². The minimum atomic E-state index is 0.485. The Balaban J connectivity index is 1.72.